The number of nitrogens with zero attached hydrogens (tertiary/aromatic N) is 3. The topological polar surface area (TPSA) is 74.1 Å². The fourth-order valence-corrected chi connectivity index (χ4v) is 4.00. The number of esters is 1. The number of ketones is 1. The number of rotatable bonds is 8. The summed E-state index contributed by atoms with van der Waals surface area (Å²) >= 11 is 10.5. The molecule has 0 spiro atoms. The molecule has 3 rings (SSSR count). The van der Waals surface area contributed by atoms with E-state index in [-0.39, 0.29) is 18.1 Å². The van der Waals surface area contributed by atoms with Gasteiger partial charge in [-0.15, -0.1) is 10.2 Å². The molecular formula is C20H17BrClN3O3S. The van der Waals surface area contributed by atoms with E-state index in [0.717, 1.165) is 5.56 Å². The lowest BCUT2D eigenvalue weighted by atomic mass is 10.1. The Kier molecular flexibility index (Phi) is 7.46. The predicted octanol–water partition coefficient (Wildman–Crippen LogP) is 4.90. The maximum atomic E-state index is 12.2. The Balaban J connectivity index is 1.58. The average molecular weight is 495 g/mol. The Morgan fingerprint density at radius 2 is 1.86 bits per heavy atom. The summed E-state index contributed by atoms with van der Waals surface area (Å²) in [6.07, 6.45) is 0. The first kappa shape index (κ1) is 21.5. The van der Waals surface area contributed by atoms with Crippen LogP contribution in [0.3, 0.4) is 0 Å². The van der Waals surface area contributed by atoms with Gasteiger partial charge in [0, 0.05) is 27.2 Å². The van der Waals surface area contributed by atoms with Gasteiger partial charge in [-0.1, -0.05) is 57.5 Å². The maximum absolute atomic E-state index is 12.2. The highest BCUT2D eigenvalue weighted by Crippen LogP contribution is 2.25. The van der Waals surface area contributed by atoms with E-state index in [4.69, 9.17) is 16.3 Å². The molecule has 0 radical (unpaired) electrons. The van der Waals surface area contributed by atoms with Crippen molar-refractivity contribution >= 4 is 51.0 Å². The number of ether oxygens (including phenoxy) is 1. The summed E-state index contributed by atoms with van der Waals surface area (Å²) in [5.41, 5.74) is 1.36. The van der Waals surface area contributed by atoms with Crippen molar-refractivity contribution in [3.05, 3.63) is 63.6 Å². The highest BCUT2D eigenvalue weighted by atomic mass is 79.9. The SMILES string of the molecule is CCn1c(SCC(=O)OCC(=O)c2ccccc2Br)nnc1-c1ccc(Cl)cc1. The zero-order valence-electron chi connectivity index (χ0n) is 15.5. The van der Waals surface area contributed by atoms with Crippen molar-refractivity contribution in [2.75, 3.05) is 12.4 Å². The van der Waals surface area contributed by atoms with Crippen LogP contribution in [0.5, 0.6) is 0 Å². The van der Waals surface area contributed by atoms with Gasteiger partial charge in [0.05, 0.1) is 5.75 Å². The zero-order chi connectivity index (χ0) is 20.8. The fraction of sp³-hybridized carbons (Fsp3) is 0.200. The molecule has 0 aliphatic rings. The Bertz CT molecular complexity index is 1020. The van der Waals surface area contributed by atoms with E-state index in [1.165, 1.54) is 11.8 Å². The number of aromatic nitrogens is 3. The van der Waals surface area contributed by atoms with Crippen LogP contribution in [0.4, 0.5) is 0 Å². The molecule has 0 fully saturated rings. The van der Waals surface area contributed by atoms with Gasteiger partial charge < -0.3 is 9.30 Å². The molecule has 0 atom stereocenters. The van der Waals surface area contributed by atoms with Crippen molar-refractivity contribution < 1.29 is 14.3 Å². The molecule has 0 aliphatic heterocycles. The molecule has 0 amide bonds. The second-order valence-electron chi connectivity index (χ2n) is 5.91. The summed E-state index contributed by atoms with van der Waals surface area (Å²) in [4.78, 5) is 24.3. The monoisotopic (exact) mass is 493 g/mol. The Morgan fingerprint density at radius 3 is 2.55 bits per heavy atom. The third kappa shape index (κ3) is 5.46. The first-order valence-electron chi connectivity index (χ1n) is 8.75. The molecule has 0 unspecified atom stereocenters. The van der Waals surface area contributed by atoms with Crippen LogP contribution in [0.1, 0.15) is 17.3 Å². The van der Waals surface area contributed by atoms with Crippen LogP contribution in [0.2, 0.25) is 5.02 Å². The van der Waals surface area contributed by atoms with Crippen LogP contribution in [0, 0.1) is 0 Å². The smallest absolute Gasteiger partial charge is 0.316 e. The number of hydrogen-bond donors (Lipinski definition) is 0. The van der Waals surface area contributed by atoms with Crippen molar-refractivity contribution in [2.24, 2.45) is 0 Å². The van der Waals surface area contributed by atoms with Gasteiger partial charge >= 0.3 is 5.97 Å². The van der Waals surface area contributed by atoms with Crippen molar-refractivity contribution in [2.45, 2.75) is 18.6 Å². The summed E-state index contributed by atoms with van der Waals surface area (Å²) in [5.74, 6) is -0.0297. The number of halogens is 2. The van der Waals surface area contributed by atoms with Gasteiger partial charge in [0.15, 0.2) is 17.6 Å². The molecule has 6 nitrogen and oxygen atoms in total. The second-order valence-corrected chi connectivity index (χ2v) is 8.14. The highest BCUT2D eigenvalue weighted by molar-refractivity contribution is 9.10. The molecule has 0 saturated carbocycles. The number of Topliss-reactive ketones (excluding diaryl/α,β-unsaturated/α-hetero) is 1. The predicted molar refractivity (Wildman–Crippen MR) is 116 cm³/mol. The lowest BCUT2D eigenvalue weighted by Gasteiger charge is -2.08. The summed E-state index contributed by atoms with van der Waals surface area (Å²) in [6, 6.07) is 14.3. The number of carbonyl (C=O) groups excluding carboxylic acids is 2. The molecule has 0 bridgehead atoms. The minimum Gasteiger partial charge on any atom is -0.457 e. The zero-order valence-corrected chi connectivity index (χ0v) is 18.6. The molecule has 2 aromatic carbocycles. The normalized spacial score (nSPS) is 10.7. The largest absolute Gasteiger partial charge is 0.457 e. The molecule has 0 aliphatic carbocycles. The summed E-state index contributed by atoms with van der Waals surface area (Å²) in [6.45, 7) is 2.31. The molecule has 1 heterocycles. The minimum atomic E-state index is -0.492. The Hall–Kier alpha value is -2.16. The van der Waals surface area contributed by atoms with Crippen molar-refractivity contribution in [1.82, 2.24) is 14.8 Å². The lowest BCUT2D eigenvalue weighted by molar-refractivity contribution is -0.139. The molecule has 9 heteroatoms. The number of carbonyl (C=O) groups is 2. The standard InChI is InChI=1S/C20H17BrClN3O3S/c1-2-25-19(13-7-9-14(22)10-8-13)23-24-20(25)29-12-18(27)28-11-17(26)15-5-3-4-6-16(15)21/h3-10H,2,11-12H2,1H3. The van der Waals surface area contributed by atoms with E-state index in [2.05, 4.69) is 26.1 Å². The second kappa shape index (κ2) is 10.0. The van der Waals surface area contributed by atoms with Crippen molar-refractivity contribution in [3.8, 4) is 11.4 Å². The van der Waals surface area contributed by atoms with Crippen molar-refractivity contribution in [1.29, 1.82) is 0 Å². The van der Waals surface area contributed by atoms with E-state index < -0.39 is 5.97 Å². The van der Waals surface area contributed by atoms with E-state index in [0.29, 0.717) is 32.6 Å². The first-order chi connectivity index (χ1) is 14.0. The van der Waals surface area contributed by atoms with E-state index >= 15 is 0 Å². The first-order valence-corrected chi connectivity index (χ1v) is 10.9. The number of benzene rings is 2. The van der Waals surface area contributed by atoms with Crippen molar-refractivity contribution in [3.63, 3.8) is 0 Å². The highest BCUT2D eigenvalue weighted by Gasteiger charge is 2.16. The van der Waals surface area contributed by atoms with Gasteiger partial charge in [0.25, 0.3) is 0 Å². The van der Waals surface area contributed by atoms with E-state index in [9.17, 15) is 9.59 Å². The number of thioether (sulfide) groups is 1. The van der Waals surface area contributed by atoms with Crippen LogP contribution < -0.4 is 0 Å². The Labute approximate surface area is 185 Å². The average Bonchev–Trinajstić information content (AvgIpc) is 3.14. The third-order valence-electron chi connectivity index (χ3n) is 3.99. The summed E-state index contributed by atoms with van der Waals surface area (Å²) in [7, 11) is 0. The quantitative estimate of drug-likeness (QED) is 0.252. The molecule has 0 N–H and O–H groups in total. The maximum Gasteiger partial charge on any atom is 0.316 e. The molecule has 0 saturated heterocycles. The number of hydrogen-bond acceptors (Lipinski definition) is 6. The molecule has 1 aromatic heterocycles. The van der Waals surface area contributed by atoms with Crippen LogP contribution in [0.25, 0.3) is 11.4 Å². The van der Waals surface area contributed by atoms with Crippen LogP contribution in [0.15, 0.2) is 58.2 Å². The molecular weight excluding hydrogens is 478 g/mol. The molecule has 150 valence electrons. The van der Waals surface area contributed by atoms with Gasteiger partial charge in [0.1, 0.15) is 0 Å². The lowest BCUT2D eigenvalue weighted by Crippen LogP contribution is -2.16. The van der Waals surface area contributed by atoms with Gasteiger partial charge in [-0.3, -0.25) is 9.59 Å². The van der Waals surface area contributed by atoms with Crippen LogP contribution >= 0.6 is 39.3 Å². The fourth-order valence-electron chi connectivity index (χ4n) is 2.57. The summed E-state index contributed by atoms with van der Waals surface area (Å²) in [5, 5.41) is 9.65. The third-order valence-corrected chi connectivity index (χ3v) is 5.88. The van der Waals surface area contributed by atoms with Gasteiger partial charge in [-0.05, 0) is 37.3 Å². The summed E-state index contributed by atoms with van der Waals surface area (Å²) < 4.78 is 7.69. The van der Waals surface area contributed by atoms with Crippen LogP contribution in [-0.4, -0.2) is 38.9 Å². The Morgan fingerprint density at radius 1 is 1.14 bits per heavy atom. The van der Waals surface area contributed by atoms with E-state index in [1.807, 2.05) is 29.7 Å². The van der Waals surface area contributed by atoms with Gasteiger partial charge in [-0.25, -0.2) is 0 Å². The minimum absolute atomic E-state index is 0.0298. The molecule has 3 aromatic rings. The van der Waals surface area contributed by atoms with Gasteiger partial charge in [-0.2, -0.15) is 0 Å². The molecule has 29 heavy (non-hydrogen) atoms. The van der Waals surface area contributed by atoms with E-state index in [1.54, 1.807) is 30.3 Å². The van der Waals surface area contributed by atoms with Gasteiger partial charge in [0.2, 0.25) is 5.78 Å². The van der Waals surface area contributed by atoms with Crippen LogP contribution in [-0.2, 0) is 16.1 Å².